The molecule has 0 spiro atoms. The molecule has 0 aromatic heterocycles. The Labute approximate surface area is 126 Å². The van der Waals surface area contributed by atoms with Crippen LogP contribution in [-0.4, -0.2) is 42.8 Å². The number of hydrogen-bond donors (Lipinski definition) is 2. The maximum absolute atomic E-state index is 13.6. The van der Waals surface area contributed by atoms with Crippen molar-refractivity contribution in [2.45, 2.75) is 25.1 Å². The van der Waals surface area contributed by atoms with Gasteiger partial charge < -0.3 is 10.4 Å². The molecule has 124 valence electrons. The second kappa shape index (κ2) is 7.39. The van der Waals surface area contributed by atoms with E-state index in [4.69, 9.17) is 5.11 Å². The highest BCUT2D eigenvalue weighted by Gasteiger charge is 2.33. The fourth-order valence-electron chi connectivity index (χ4n) is 2.81. The van der Waals surface area contributed by atoms with Gasteiger partial charge in [0.1, 0.15) is 5.82 Å². The van der Waals surface area contributed by atoms with Gasteiger partial charge in [-0.05, 0) is 36.6 Å². The van der Waals surface area contributed by atoms with Gasteiger partial charge in [-0.3, -0.25) is 4.90 Å². The van der Waals surface area contributed by atoms with Crippen LogP contribution in [0.15, 0.2) is 18.2 Å². The summed E-state index contributed by atoms with van der Waals surface area (Å²) in [6, 6.07) is 2.39. The van der Waals surface area contributed by atoms with Crippen molar-refractivity contribution in [3.05, 3.63) is 35.1 Å². The van der Waals surface area contributed by atoms with Crippen molar-refractivity contribution in [1.82, 2.24) is 10.2 Å². The maximum atomic E-state index is 13.6. The molecule has 1 fully saturated rings. The Balaban J connectivity index is 2.31. The number of halogens is 4. The molecule has 0 unspecified atom stereocenters. The summed E-state index contributed by atoms with van der Waals surface area (Å²) in [7, 11) is 0. The first-order valence-corrected chi connectivity index (χ1v) is 7.35. The Bertz CT molecular complexity index is 487. The smallest absolute Gasteiger partial charge is 0.396 e. The Kier molecular flexibility index (Phi) is 5.77. The van der Waals surface area contributed by atoms with Crippen LogP contribution in [0.25, 0.3) is 0 Å². The first kappa shape index (κ1) is 17.2. The van der Waals surface area contributed by atoms with E-state index in [1.165, 1.54) is 6.07 Å². The van der Waals surface area contributed by atoms with E-state index in [1.807, 2.05) is 4.90 Å². The van der Waals surface area contributed by atoms with Gasteiger partial charge in [0.25, 0.3) is 0 Å². The van der Waals surface area contributed by atoms with Gasteiger partial charge in [0.15, 0.2) is 0 Å². The zero-order valence-electron chi connectivity index (χ0n) is 12.2. The van der Waals surface area contributed by atoms with Crippen molar-refractivity contribution in [2.75, 3.05) is 32.8 Å². The second-order valence-electron chi connectivity index (χ2n) is 5.44. The van der Waals surface area contributed by atoms with Gasteiger partial charge in [0.05, 0.1) is 5.56 Å². The molecule has 1 aromatic rings. The Morgan fingerprint density at radius 2 is 1.86 bits per heavy atom. The fourth-order valence-corrected chi connectivity index (χ4v) is 2.81. The average molecular weight is 320 g/mol. The average Bonchev–Trinajstić information content (AvgIpc) is 2.47. The fraction of sp³-hybridized carbons (Fsp3) is 0.600. The number of alkyl halides is 3. The van der Waals surface area contributed by atoms with E-state index in [-0.39, 0.29) is 12.6 Å². The molecule has 1 saturated heterocycles. The van der Waals surface area contributed by atoms with E-state index in [0.717, 1.165) is 19.2 Å². The van der Waals surface area contributed by atoms with Gasteiger partial charge in [0.2, 0.25) is 0 Å². The maximum Gasteiger partial charge on any atom is 0.416 e. The zero-order chi connectivity index (χ0) is 16.2. The van der Waals surface area contributed by atoms with Crippen LogP contribution in [0.4, 0.5) is 17.6 Å². The number of benzene rings is 1. The molecular weight excluding hydrogens is 300 g/mol. The third-order valence-corrected chi connectivity index (χ3v) is 3.86. The lowest BCUT2D eigenvalue weighted by Crippen LogP contribution is -2.45. The van der Waals surface area contributed by atoms with Crippen molar-refractivity contribution in [1.29, 1.82) is 0 Å². The first-order chi connectivity index (χ1) is 10.4. The molecule has 1 aliphatic heterocycles. The molecule has 0 amide bonds. The molecule has 7 heteroatoms. The van der Waals surface area contributed by atoms with Gasteiger partial charge in [0, 0.05) is 38.8 Å². The van der Waals surface area contributed by atoms with Crippen LogP contribution in [0.5, 0.6) is 0 Å². The molecular formula is C15H20F4N2O. The lowest BCUT2D eigenvalue weighted by atomic mass is 9.97. The quantitative estimate of drug-likeness (QED) is 0.819. The topological polar surface area (TPSA) is 35.5 Å². The lowest BCUT2D eigenvalue weighted by Gasteiger charge is -2.35. The van der Waals surface area contributed by atoms with Crippen molar-refractivity contribution in [3.63, 3.8) is 0 Å². The summed E-state index contributed by atoms with van der Waals surface area (Å²) in [6.45, 7) is 2.83. The van der Waals surface area contributed by atoms with E-state index in [2.05, 4.69) is 5.32 Å². The summed E-state index contributed by atoms with van der Waals surface area (Å²) in [5.41, 5.74) is -0.644. The van der Waals surface area contributed by atoms with Crippen LogP contribution in [0.1, 0.15) is 30.0 Å². The first-order valence-electron chi connectivity index (χ1n) is 7.35. The third kappa shape index (κ3) is 4.41. The molecule has 2 N–H and O–H groups in total. The third-order valence-electron chi connectivity index (χ3n) is 3.86. The number of piperazine rings is 1. The Hall–Kier alpha value is -1.18. The van der Waals surface area contributed by atoms with Crippen molar-refractivity contribution < 1.29 is 22.7 Å². The van der Waals surface area contributed by atoms with Crippen LogP contribution in [0.2, 0.25) is 0 Å². The molecule has 3 nitrogen and oxygen atoms in total. The largest absolute Gasteiger partial charge is 0.416 e. The number of nitrogens with one attached hydrogen (secondary N) is 1. The van der Waals surface area contributed by atoms with E-state index < -0.39 is 17.6 Å². The minimum Gasteiger partial charge on any atom is -0.396 e. The zero-order valence-corrected chi connectivity index (χ0v) is 12.2. The monoisotopic (exact) mass is 320 g/mol. The molecule has 1 aliphatic rings. The van der Waals surface area contributed by atoms with Crippen molar-refractivity contribution in [3.8, 4) is 0 Å². The summed E-state index contributed by atoms with van der Waals surface area (Å²) in [6.07, 6.45) is -3.61. The van der Waals surface area contributed by atoms with Crippen molar-refractivity contribution >= 4 is 0 Å². The molecule has 1 heterocycles. The Morgan fingerprint density at radius 1 is 1.18 bits per heavy atom. The standard InChI is InChI=1S/C15H20F4N2O/c16-13-9-11(8-12(10-13)15(17,18)19)14(2-1-7-22)21-5-3-20-4-6-21/h8-10,14,20,22H,1-7H2/t14-/m1/s1. The Morgan fingerprint density at radius 3 is 2.45 bits per heavy atom. The molecule has 0 bridgehead atoms. The highest BCUT2D eigenvalue weighted by atomic mass is 19.4. The predicted octanol–water partition coefficient (Wildman–Crippen LogP) is 2.56. The van der Waals surface area contributed by atoms with E-state index >= 15 is 0 Å². The highest BCUT2D eigenvalue weighted by Crippen LogP contribution is 2.34. The van der Waals surface area contributed by atoms with Crippen LogP contribution in [0, 0.1) is 5.82 Å². The van der Waals surface area contributed by atoms with Gasteiger partial charge in [-0.15, -0.1) is 0 Å². The second-order valence-corrected chi connectivity index (χ2v) is 5.44. The minimum atomic E-state index is -4.57. The van der Waals surface area contributed by atoms with Crippen LogP contribution in [-0.2, 0) is 6.18 Å². The van der Waals surface area contributed by atoms with Gasteiger partial charge in [-0.2, -0.15) is 13.2 Å². The molecule has 1 aromatic carbocycles. The molecule has 1 atom stereocenters. The van der Waals surface area contributed by atoms with Crippen LogP contribution in [0.3, 0.4) is 0 Å². The van der Waals surface area contributed by atoms with Gasteiger partial charge in [-0.25, -0.2) is 4.39 Å². The number of nitrogens with zero attached hydrogens (tertiary/aromatic N) is 1. The summed E-state index contributed by atoms with van der Waals surface area (Å²) in [5, 5.41) is 12.2. The number of aliphatic hydroxyl groups excluding tert-OH is 1. The van der Waals surface area contributed by atoms with Gasteiger partial charge in [-0.1, -0.05) is 0 Å². The molecule has 0 saturated carbocycles. The lowest BCUT2D eigenvalue weighted by molar-refractivity contribution is -0.137. The molecule has 22 heavy (non-hydrogen) atoms. The number of hydrogen-bond acceptors (Lipinski definition) is 3. The van der Waals surface area contributed by atoms with Crippen LogP contribution >= 0.6 is 0 Å². The molecule has 2 rings (SSSR count). The normalized spacial score (nSPS) is 18.4. The van der Waals surface area contributed by atoms with E-state index in [1.54, 1.807) is 0 Å². The molecule has 0 radical (unpaired) electrons. The van der Waals surface area contributed by atoms with Gasteiger partial charge >= 0.3 is 6.18 Å². The van der Waals surface area contributed by atoms with Crippen molar-refractivity contribution in [2.24, 2.45) is 0 Å². The summed E-state index contributed by atoms with van der Waals surface area (Å²) in [4.78, 5) is 2.04. The predicted molar refractivity (Wildman–Crippen MR) is 74.9 cm³/mol. The van der Waals surface area contributed by atoms with Crippen LogP contribution < -0.4 is 5.32 Å². The number of aliphatic hydroxyl groups is 1. The highest BCUT2D eigenvalue weighted by molar-refractivity contribution is 5.29. The van der Waals surface area contributed by atoms with E-state index in [0.29, 0.717) is 37.6 Å². The van der Waals surface area contributed by atoms with E-state index in [9.17, 15) is 17.6 Å². The summed E-state index contributed by atoms with van der Waals surface area (Å²) >= 11 is 0. The molecule has 0 aliphatic carbocycles. The SMILES string of the molecule is OCCC[C@H](c1cc(F)cc(C(F)(F)F)c1)N1CCNCC1. The number of rotatable bonds is 5. The minimum absolute atomic E-state index is 0.0377. The summed E-state index contributed by atoms with van der Waals surface area (Å²) < 4.78 is 52.3. The summed E-state index contributed by atoms with van der Waals surface area (Å²) in [5.74, 6) is -0.881.